The van der Waals surface area contributed by atoms with Crippen molar-refractivity contribution in [3.8, 4) is 11.4 Å². The van der Waals surface area contributed by atoms with E-state index < -0.39 is 10.0 Å². The maximum absolute atomic E-state index is 12.3. The number of anilines is 2. The van der Waals surface area contributed by atoms with Gasteiger partial charge in [-0.15, -0.1) is 0 Å². The summed E-state index contributed by atoms with van der Waals surface area (Å²) in [5, 5.41) is 6.78. The fraction of sp³-hybridized carbons (Fsp3) is 0.294. The molecule has 0 amide bonds. The molecule has 0 radical (unpaired) electrons. The van der Waals surface area contributed by atoms with E-state index in [1.807, 2.05) is 6.07 Å². The third-order valence-electron chi connectivity index (χ3n) is 4.71. The second kappa shape index (κ2) is 7.19. The highest BCUT2D eigenvalue weighted by atomic mass is 79.9. The highest BCUT2D eigenvalue weighted by Gasteiger charge is 2.23. The topological polar surface area (TPSA) is 112 Å². The van der Waals surface area contributed by atoms with Crippen LogP contribution in [0.5, 0.6) is 0 Å². The fourth-order valence-corrected chi connectivity index (χ4v) is 4.56. The molecule has 0 bridgehead atoms. The molecule has 1 saturated heterocycles. The van der Waals surface area contributed by atoms with Crippen LogP contribution in [-0.2, 0) is 10.0 Å². The molecular formula is C17H19BrN6O2S. The van der Waals surface area contributed by atoms with Crippen LogP contribution in [0.25, 0.3) is 11.4 Å². The molecule has 0 aliphatic carbocycles. The number of benzene rings is 1. The third-order valence-corrected chi connectivity index (χ3v) is 6.72. The van der Waals surface area contributed by atoms with Gasteiger partial charge in [-0.2, -0.15) is 0 Å². The van der Waals surface area contributed by atoms with Crippen molar-refractivity contribution in [1.29, 1.82) is 0 Å². The number of sulfonamides is 1. The maximum atomic E-state index is 12.3. The average molecular weight is 451 g/mol. The summed E-state index contributed by atoms with van der Waals surface area (Å²) >= 11 is 3.49. The van der Waals surface area contributed by atoms with Gasteiger partial charge in [-0.1, -0.05) is 6.07 Å². The Morgan fingerprint density at radius 3 is 2.89 bits per heavy atom. The first-order valence-corrected chi connectivity index (χ1v) is 10.8. The van der Waals surface area contributed by atoms with Crippen LogP contribution in [0, 0.1) is 0 Å². The van der Waals surface area contributed by atoms with Crippen LogP contribution in [0.15, 0.2) is 40.1 Å². The van der Waals surface area contributed by atoms with Crippen molar-refractivity contribution in [1.82, 2.24) is 25.0 Å². The van der Waals surface area contributed by atoms with Crippen LogP contribution in [-0.4, -0.2) is 37.0 Å². The smallest absolute Gasteiger partial charge is 0.240 e. The van der Waals surface area contributed by atoms with E-state index in [-0.39, 0.29) is 10.9 Å². The van der Waals surface area contributed by atoms with E-state index in [4.69, 9.17) is 0 Å². The van der Waals surface area contributed by atoms with Crippen LogP contribution < -0.4 is 15.4 Å². The van der Waals surface area contributed by atoms with Crippen LogP contribution in [0.4, 0.5) is 11.5 Å². The zero-order valence-electron chi connectivity index (χ0n) is 14.6. The van der Waals surface area contributed by atoms with Gasteiger partial charge in [0, 0.05) is 17.9 Å². The number of nitrogens with zero attached hydrogens (tertiary/aromatic N) is 2. The molecule has 4 N–H and O–H groups in total. The lowest BCUT2D eigenvalue weighted by Gasteiger charge is -2.19. The van der Waals surface area contributed by atoms with E-state index in [2.05, 4.69) is 46.2 Å². The Hall–Kier alpha value is -2.01. The normalized spacial score (nSPS) is 17.5. The molecule has 3 heterocycles. The molecule has 4 rings (SSSR count). The minimum atomic E-state index is -3.55. The van der Waals surface area contributed by atoms with Gasteiger partial charge in [0.1, 0.15) is 11.6 Å². The zero-order valence-corrected chi connectivity index (χ0v) is 17.0. The summed E-state index contributed by atoms with van der Waals surface area (Å²) in [5.41, 5.74) is 2.53. The molecule has 1 atom stereocenters. The lowest BCUT2D eigenvalue weighted by atomic mass is 10.0. The van der Waals surface area contributed by atoms with E-state index in [1.165, 1.54) is 7.05 Å². The van der Waals surface area contributed by atoms with Crippen molar-refractivity contribution in [2.45, 2.75) is 23.8 Å². The number of hydrogen-bond acceptors (Lipinski definition) is 6. The minimum Gasteiger partial charge on any atom is -0.339 e. The third kappa shape index (κ3) is 3.45. The van der Waals surface area contributed by atoms with Gasteiger partial charge < -0.3 is 15.6 Å². The first-order valence-electron chi connectivity index (χ1n) is 8.55. The van der Waals surface area contributed by atoms with Gasteiger partial charge in [0.2, 0.25) is 10.0 Å². The monoisotopic (exact) mass is 450 g/mol. The second-order valence-electron chi connectivity index (χ2n) is 6.31. The van der Waals surface area contributed by atoms with E-state index >= 15 is 0 Å². The second-order valence-corrected chi connectivity index (χ2v) is 9.05. The molecule has 8 nitrogen and oxygen atoms in total. The van der Waals surface area contributed by atoms with E-state index in [9.17, 15) is 8.42 Å². The van der Waals surface area contributed by atoms with Crippen LogP contribution in [0.3, 0.4) is 0 Å². The lowest BCUT2D eigenvalue weighted by Crippen LogP contribution is -2.20. The Morgan fingerprint density at radius 2 is 2.15 bits per heavy atom. The summed E-state index contributed by atoms with van der Waals surface area (Å²) in [6, 6.07) is 5.31. The van der Waals surface area contributed by atoms with E-state index in [0.29, 0.717) is 17.3 Å². The minimum absolute atomic E-state index is 0.172. The Bertz CT molecular complexity index is 1050. The Balaban J connectivity index is 1.81. The summed E-state index contributed by atoms with van der Waals surface area (Å²) < 4.78 is 27.7. The van der Waals surface area contributed by atoms with Gasteiger partial charge in [0.05, 0.1) is 21.3 Å². The van der Waals surface area contributed by atoms with Crippen molar-refractivity contribution in [3.63, 3.8) is 0 Å². The van der Waals surface area contributed by atoms with Gasteiger partial charge in [-0.25, -0.2) is 23.1 Å². The quantitative estimate of drug-likeness (QED) is 0.475. The largest absolute Gasteiger partial charge is 0.339 e. The molecule has 1 fully saturated rings. The first kappa shape index (κ1) is 18.4. The Morgan fingerprint density at radius 1 is 1.30 bits per heavy atom. The van der Waals surface area contributed by atoms with Gasteiger partial charge >= 0.3 is 0 Å². The van der Waals surface area contributed by atoms with Crippen LogP contribution in [0.2, 0.25) is 0 Å². The van der Waals surface area contributed by atoms with E-state index in [0.717, 1.165) is 35.0 Å². The van der Waals surface area contributed by atoms with Crippen LogP contribution >= 0.6 is 15.9 Å². The van der Waals surface area contributed by atoms with Crippen molar-refractivity contribution >= 4 is 37.5 Å². The molecule has 3 aliphatic rings. The number of aromatic amines is 1. The summed E-state index contributed by atoms with van der Waals surface area (Å²) in [4.78, 5) is 11.9. The van der Waals surface area contributed by atoms with E-state index in [1.54, 1.807) is 24.7 Å². The molecule has 142 valence electrons. The molecule has 0 aromatic heterocycles. The molecule has 0 unspecified atom stereocenters. The molecule has 1 aromatic rings. The summed E-state index contributed by atoms with van der Waals surface area (Å²) in [6.45, 7) is 0.946. The molecule has 27 heavy (non-hydrogen) atoms. The van der Waals surface area contributed by atoms with Crippen molar-refractivity contribution in [3.05, 3.63) is 40.8 Å². The van der Waals surface area contributed by atoms with Crippen molar-refractivity contribution in [2.75, 3.05) is 18.9 Å². The predicted octanol–water partition coefficient (Wildman–Crippen LogP) is 2.75. The maximum Gasteiger partial charge on any atom is 0.240 e. The SMILES string of the molecule is CNS(=O)(=O)c1ccc([C@@H]2CCCN2)c(Nc2nc[nH]c3ncc(Br)c2-3)c1. The molecule has 1 aromatic carbocycles. The standard InChI is InChI=1S/C17H19BrN6O2S/c1-19-27(25,26)10-4-5-11(13-3-2-6-20-13)14(7-10)24-17-15-12(18)8-21-16(15)22-9-23-17/h4-5,7-9,13,19-20H,2-3,6H2,1H3,(H2,21,22,23,24)/t13-/m0/s1. The molecular weight excluding hydrogens is 432 g/mol. The molecule has 10 heteroatoms. The molecule has 0 saturated carbocycles. The first-order chi connectivity index (χ1) is 13.0. The highest BCUT2D eigenvalue weighted by molar-refractivity contribution is 9.10. The van der Waals surface area contributed by atoms with Gasteiger partial charge in [0.15, 0.2) is 0 Å². The fourth-order valence-electron chi connectivity index (χ4n) is 3.33. The number of H-pyrrole nitrogens is 1. The number of fused-ring (bicyclic) bond motifs is 1. The average Bonchev–Trinajstić information content (AvgIpc) is 3.32. The van der Waals surface area contributed by atoms with Crippen molar-refractivity contribution < 1.29 is 8.42 Å². The predicted molar refractivity (Wildman–Crippen MR) is 107 cm³/mol. The lowest BCUT2D eigenvalue weighted by molar-refractivity contribution is 0.588. The van der Waals surface area contributed by atoms with Gasteiger partial charge in [-0.05, 0) is 60.1 Å². The summed E-state index contributed by atoms with van der Waals surface area (Å²) in [5.74, 6) is 1.30. The van der Waals surface area contributed by atoms with Crippen molar-refractivity contribution in [2.24, 2.45) is 0 Å². The number of rotatable bonds is 5. The number of nitrogens with one attached hydrogen (secondary N) is 4. The number of aromatic nitrogens is 3. The Labute approximate surface area is 165 Å². The summed E-state index contributed by atoms with van der Waals surface area (Å²) in [7, 11) is -2.15. The zero-order chi connectivity index (χ0) is 19.0. The summed E-state index contributed by atoms with van der Waals surface area (Å²) in [6.07, 6.45) is 5.35. The van der Waals surface area contributed by atoms with Crippen LogP contribution in [0.1, 0.15) is 24.4 Å². The highest BCUT2D eigenvalue weighted by Crippen LogP contribution is 2.37. The Kier molecular flexibility index (Phi) is 4.89. The molecule has 3 aliphatic heterocycles. The molecule has 0 spiro atoms. The number of hydrogen-bond donors (Lipinski definition) is 4. The van der Waals surface area contributed by atoms with Gasteiger partial charge in [-0.3, -0.25) is 0 Å². The van der Waals surface area contributed by atoms with Gasteiger partial charge in [0.25, 0.3) is 0 Å². The number of halogens is 1.